The van der Waals surface area contributed by atoms with Crippen LogP contribution in [0.5, 0.6) is 0 Å². The second-order valence-electron chi connectivity index (χ2n) is 5.97. The third kappa shape index (κ3) is 3.42. The van der Waals surface area contributed by atoms with Crippen molar-refractivity contribution in [1.29, 1.82) is 0 Å². The van der Waals surface area contributed by atoms with E-state index < -0.39 is 26.0 Å². The van der Waals surface area contributed by atoms with Gasteiger partial charge in [-0.25, -0.2) is 21.1 Å². The molecule has 0 unspecified atom stereocenters. The van der Waals surface area contributed by atoms with Gasteiger partial charge in [0.2, 0.25) is 15.9 Å². The Balaban J connectivity index is 1.96. The summed E-state index contributed by atoms with van der Waals surface area (Å²) in [4.78, 5) is 15.9. The third-order valence-electron chi connectivity index (χ3n) is 3.91. The van der Waals surface area contributed by atoms with Gasteiger partial charge in [-0.15, -0.1) is 0 Å². The topological polar surface area (TPSA) is 114 Å². The van der Waals surface area contributed by atoms with E-state index in [0.29, 0.717) is 16.9 Å². The van der Waals surface area contributed by atoms with Crippen LogP contribution in [0.3, 0.4) is 0 Å². The first kappa shape index (κ1) is 18.3. The summed E-state index contributed by atoms with van der Waals surface area (Å²) in [6.07, 6.45) is 1.41. The van der Waals surface area contributed by atoms with Crippen molar-refractivity contribution in [3.05, 3.63) is 47.8 Å². The molecule has 1 amide bonds. The van der Waals surface area contributed by atoms with Crippen LogP contribution in [0.1, 0.15) is 17.7 Å². The van der Waals surface area contributed by atoms with E-state index in [1.54, 1.807) is 19.9 Å². The number of anilines is 2. The van der Waals surface area contributed by atoms with Crippen LogP contribution in [0.15, 0.2) is 41.4 Å². The second kappa shape index (κ2) is 6.36. The number of aryl methyl sites for hydroxylation is 2. The highest BCUT2D eigenvalue weighted by atomic mass is 32.2. The van der Waals surface area contributed by atoms with E-state index >= 15 is 0 Å². The molecule has 0 aliphatic carbocycles. The Hall–Kier alpha value is -2.46. The predicted molar refractivity (Wildman–Crippen MR) is 96.9 cm³/mol. The van der Waals surface area contributed by atoms with Crippen LogP contribution in [0, 0.1) is 13.8 Å². The van der Waals surface area contributed by atoms with Gasteiger partial charge in [0.15, 0.2) is 0 Å². The number of rotatable bonds is 4. The van der Waals surface area contributed by atoms with Gasteiger partial charge < -0.3 is 0 Å². The lowest BCUT2D eigenvalue weighted by atomic mass is 10.2. The van der Waals surface area contributed by atoms with Crippen LogP contribution in [0.4, 0.5) is 11.4 Å². The van der Waals surface area contributed by atoms with E-state index in [9.17, 15) is 21.6 Å². The molecule has 1 fully saturated rings. The third-order valence-corrected chi connectivity index (χ3v) is 7.14. The zero-order chi connectivity index (χ0) is 19.1. The molecule has 1 N–H and O–H groups in total. The molecule has 0 bridgehead atoms. The second-order valence-corrected chi connectivity index (χ2v) is 9.55. The Morgan fingerprint density at radius 3 is 2.46 bits per heavy atom. The molecule has 8 nitrogen and oxygen atoms in total. The van der Waals surface area contributed by atoms with Gasteiger partial charge in [0, 0.05) is 18.3 Å². The van der Waals surface area contributed by atoms with Crippen molar-refractivity contribution in [3.63, 3.8) is 0 Å². The monoisotopic (exact) mass is 395 g/mol. The first-order chi connectivity index (χ1) is 12.1. The molecule has 0 radical (unpaired) electrons. The molecule has 10 heteroatoms. The molecule has 1 aromatic carbocycles. The van der Waals surface area contributed by atoms with Crippen LogP contribution in [0.2, 0.25) is 0 Å². The molecule has 2 aromatic rings. The summed E-state index contributed by atoms with van der Waals surface area (Å²) >= 11 is 0. The number of benzene rings is 1. The molecular formula is C16H17N3O5S2. The van der Waals surface area contributed by atoms with E-state index in [4.69, 9.17) is 0 Å². The van der Waals surface area contributed by atoms with Gasteiger partial charge in [-0.1, -0.05) is 0 Å². The number of carbonyl (C=O) groups excluding carboxylic acids is 1. The van der Waals surface area contributed by atoms with E-state index in [-0.39, 0.29) is 22.8 Å². The van der Waals surface area contributed by atoms with Gasteiger partial charge >= 0.3 is 0 Å². The largest absolute Gasteiger partial charge is 0.280 e. The van der Waals surface area contributed by atoms with Crippen molar-refractivity contribution in [2.75, 3.05) is 14.8 Å². The number of nitrogens with zero attached hydrogens (tertiary/aromatic N) is 2. The number of carbonyl (C=O) groups is 1. The SMILES string of the molecule is Cc1cc(NS(=O)(=O)c2ccc(N3C(=O)CCS3(=O)=O)cc2C)ccn1. The van der Waals surface area contributed by atoms with Gasteiger partial charge in [0.1, 0.15) is 0 Å². The summed E-state index contributed by atoms with van der Waals surface area (Å²) in [7, 11) is -7.57. The van der Waals surface area contributed by atoms with E-state index in [0.717, 1.165) is 4.31 Å². The lowest BCUT2D eigenvalue weighted by molar-refractivity contribution is -0.116. The van der Waals surface area contributed by atoms with Crippen molar-refractivity contribution in [3.8, 4) is 0 Å². The fourth-order valence-electron chi connectivity index (χ4n) is 2.75. The molecule has 1 aliphatic heterocycles. The lowest BCUT2D eigenvalue weighted by Crippen LogP contribution is -2.29. The average molecular weight is 395 g/mol. The van der Waals surface area contributed by atoms with Crippen molar-refractivity contribution >= 4 is 37.3 Å². The zero-order valence-corrected chi connectivity index (χ0v) is 15.8. The first-order valence-corrected chi connectivity index (χ1v) is 10.8. The maximum atomic E-state index is 12.6. The summed E-state index contributed by atoms with van der Waals surface area (Å²) in [5.41, 5.74) is 1.51. The lowest BCUT2D eigenvalue weighted by Gasteiger charge is -2.17. The fourth-order valence-corrected chi connectivity index (χ4v) is 5.48. The van der Waals surface area contributed by atoms with Crippen molar-refractivity contribution in [2.45, 2.75) is 25.2 Å². The quantitative estimate of drug-likeness (QED) is 0.840. The van der Waals surface area contributed by atoms with Crippen molar-refractivity contribution < 1.29 is 21.6 Å². The van der Waals surface area contributed by atoms with E-state index in [1.807, 2.05) is 0 Å². The minimum Gasteiger partial charge on any atom is -0.280 e. The Kier molecular flexibility index (Phi) is 4.49. The predicted octanol–water partition coefficient (Wildman–Crippen LogP) is 1.57. The number of sulfonamides is 2. The molecule has 0 spiro atoms. The minimum absolute atomic E-state index is 0.000223. The number of amides is 1. The normalized spacial score (nSPS) is 16.7. The van der Waals surface area contributed by atoms with E-state index in [1.165, 1.54) is 30.5 Å². The van der Waals surface area contributed by atoms with Crippen molar-refractivity contribution in [2.24, 2.45) is 0 Å². The summed E-state index contributed by atoms with van der Waals surface area (Å²) in [6, 6.07) is 7.12. The number of hydrogen-bond donors (Lipinski definition) is 1. The van der Waals surface area contributed by atoms with Crippen LogP contribution in [-0.2, 0) is 24.8 Å². The van der Waals surface area contributed by atoms with Crippen LogP contribution in [0.25, 0.3) is 0 Å². The highest BCUT2D eigenvalue weighted by Crippen LogP contribution is 2.29. The molecule has 26 heavy (non-hydrogen) atoms. The summed E-state index contributed by atoms with van der Waals surface area (Å²) in [5, 5.41) is 0. The standard InChI is InChI=1S/C16H17N3O5S2/c1-11-9-14(19-16(20)6-8-25(19,21)22)3-4-15(11)26(23,24)18-13-5-7-17-12(2)10-13/h3-5,7,9-10H,6,8H2,1-2H3,(H,17,18). The molecule has 138 valence electrons. The molecule has 0 atom stereocenters. The number of aromatic nitrogens is 1. The molecule has 1 aliphatic rings. The zero-order valence-electron chi connectivity index (χ0n) is 14.1. The number of hydrogen-bond acceptors (Lipinski definition) is 6. The highest BCUT2D eigenvalue weighted by molar-refractivity contribution is 7.94. The van der Waals surface area contributed by atoms with Gasteiger partial charge in [-0.05, 0) is 49.7 Å². The average Bonchev–Trinajstić information content (AvgIpc) is 2.79. The van der Waals surface area contributed by atoms with Gasteiger partial charge in [0.25, 0.3) is 10.0 Å². The minimum atomic E-state index is -3.87. The summed E-state index contributed by atoms with van der Waals surface area (Å²) in [6.45, 7) is 3.29. The Morgan fingerprint density at radius 2 is 1.88 bits per heavy atom. The Bertz CT molecular complexity index is 1090. The fraction of sp³-hybridized carbons (Fsp3) is 0.250. The molecule has 2 heterocycles. The molecule has 3 rings (SSSR count). The van der Waals surface area contributed by atoms with Crippen LogP contribution >= 0.6 is 0 Å². The number of pyridine rings is 1. The van der Waals surface area contributed by atoms with Crippen molar-refractivity contribution in [1.82, 2.24) is 4.98 Å². The first-order valence-electron chi connectivity index (χ1n) is 7.72. The highest BCUT2D eigenvalue weighted by Gasteiger charge is 2.36. The molecule has 1 aromatic heterocycles. The van der Waals surface area contributed by atoms with Crippen LogP contribution in [-0.4, -0.2) is 33.5 Å². The molecule has 0 saturated carbocycles. The van der Waals surface area contributed by atoms with Crippen LogP contribution < -0.4 is 9.03 Å². The van der Waals surface area contributed by atoms with E-state index in [2.05, 4.69) is 9.71 Å². The number of nitrogens with one attached hydrogen (secondary N) is 1. The van der Waals surface area contributed by atoms with Gasteiger partial charge in [0.05, 0.1) is 22.0 Å². The smallest absolute Gasteiger partial charge is 0.262 e. The molecule has 1 saturated heterocycles. The van der Waals surface area contributed by atoms with Gasteiger partial charge in [-0.3, -0.25) is 14.5 Å². The Morgan fingerprint density at radius 1 is 1.15 bits per heavy atom. The van der Waals surface area contributed by atoms with Gasteiger partial charge in [-0.2, -0.15) is 0 Å². The maximum absolute atomic E-state index is 12.6. The Labute approximate surface area is 152 Å². The summed E-state index contributed by atoms with van der Waals surface area (Å²) < 4.78 is 52.5. The maximum Gasteiger partial charge on any atom is 0.262 e. The summed E-state index contributed by atoms with van der Waals surface area (Å²) in [5.74, 6) is -0.765. The molecular weight excluding hydrogens is 378 g/mol.